The summed E-state index contributed by atoms with van der Waals surface area (Å²) in [5.41, 5.74) is 3.97. The maximum absolute atomic E-state index is 13.7. The number of hydrogen-bond donors (Lipinski definition) is 2. The van der Waals surface area contributed by atoms with Crippen molar-refractivity contribution in [2.24, 2.45) is 5.41 Å². The number of nitrogens with one attached hydrogen (secondary N) is 2. The first-order chi connectivity index (χ1) is 16.1. The van der Waals surface area contributed by atoms with Crippen molar-refractivity contribution in [2.75, 3.05) is 19.5 Å². The minimum Gasteiger partial charge on any atom is -0.493 e. The number of rotatable bonds is 5. The van der Waals surface area contributed by atoms with Gasteiger partial charge in [-0.15, -0.1) is 0 Å². The number of ketones is 1. The average Bonchev–Trinajstić information content (AvgIpc) is 2.76. The molecule has 1 atom stereocenters. The number of para-hydroxylation sites is 1. The summed E-state index contributed by atoms with van der Waals surface area (Å²) in [6.07, 6.45) is 1.12. The fraction of sp³-hybridized carbons (Fsp3) is 0.370. The highest BCUT2D eigenvalue weighted by Gasteiger charge is 2.43. The van der Waals surface area contributed by atoms with E-state index in [-0.39, 0.29) is 17.1 Å². The molecule has 0 saturated carbocycles. The van der Waals surface area contributed by atoms with Gasteiger partial charge in [0.1, 0.15) is 5.82 Å². The molecule has 2 aromatic rings. The van der Waals surface area contributed by atoms with Crippen LogP contribution in [0.1, 0.15) is 50.8 Å². The van der Waals surface area contributed by atoms with Crippen molar-refractivity contribution in [1.82, 2.24) is 10.3 Å². The van der Waals surface area contributed by atoms with E-state index in [4.69, 9.17) is 9.47 Å². The first kappa shape index (κ1) is 23.5. The molecule has 0 saturated heterocycles. The third-order valence-corrected chi connectivity index (χ3v) is 6.36. The number of amides is 1. The number of aromatic nitrogens is 1. The molecule has 7 nitrogen and oxygen atoms in total. The van der Waals surface area contributed by atoms with Crippen LogP contribution >= 0.6 is 0 Å². The minimum absolute atomic E-state index is 0.0279. The Morgan fingerprint density at radius 1 is 1.09 bits per heavy atom. The molecule has 1 amide bonds. The van der Waals surface area contributed by atoms with E-state index in [1.807, 2.05) is 38.1 Å². The lowest BCUT2D eigenvalue weighted by Crippen LogP contribution is -2.39. The largest absolute Gasteiger partial charge is 0.493 e. The number of pyridine rings is 1. The van der Waals surface area contributed by atoms with Gasteiger partial charge in [0.15, 0.2) is 17.3 Å². The van der Waals surface area contributed by atoms with Gasteiger partial charge in [0.25, 0.3) is 5.91 Å². The zero-order valence-corrected chi connectivity index (χ0v) is 20.5. The van der Waals surface area contributed by atoms with E-state index in [2.05, 4.69) is 29.5 Å². The van der Waals surface area contributed by atoms with E-state index >= 15 is 0 Å². The van der Waals surface area contributed by atoms with Crippen LogP contribution in [0.5, 0.6) is 11.5 Å². The van der Waals surface area contributed by atoms with Crippen LogP contribution < -0.4 is 20.1 Å². The molecule has 1 aromatic heterocycles. The predicted octanol–water partition coefficient (Wildman–Crippen LogP) is 4.65. The molecule has 1 aliphatic heterocycles. The van der Waals surface area contributed by atoms with Gasteiger partial charge >= 0.3 is 0 Å². The Morgan fingerprint density at radius 2 is 1.82 bits per heavy atom. The number of ether oxygens (including phenoxy) is 2. The molecule has 2 aliphatic rings. The van der Waals surface area contributed by atoms with Crippen LogP contribution in [0.3, 0.4) is 0 Å². The molecule has 0 spiro atoms. The third kappa shape index (κ3) is 4.30. The molecule has 34 heavy (non-hydrogen) atoms. The number of anilines is 1. The lowest BCUT2D eigenvalue weighted by atomic mass is 9.68. The fourth-order valence-electron chi connectivity index (χ4n) is 4.98. The number of nitrogens with zero attached hydrogens (tertiary/aromatic N) is 1. The molecule has 178 valence electrons. The van der Waals surface area contributed by atoms with Gasteiger partial charge in [-0.2, -0.15) is 0 Å². The van der Waals surface area contributed by atoms with Crippen LogP contribution in [0, 0.1) is 12.3 Å². The highest BCUT2D eigenvalue weighted by atomic mass is 16.5. The number of carbonyl (C=O) groups is 2. The topological polar surface area (TPSA) is 89.5 Å². The van der Waals surface area contributed by atoms with Gasteiger partial charge in [0.05, 0.1) is 20.1 Å². The van der Waals surface area contributed by atoms with Crippen LogP contribution in [0.2, 0.25) is 0 Å². The van der Waals surface area contributed by atoms with Gasteiger partial charge in [-0.25, -0.2) is 4.98 Å². The van der Waals surface area contributed by atoms with E-state index in [1.54, 1.807) is 26.4 Å². The van der Waals surface area contributed by atoms with Crippen LogP contribution in [0.15, 0.2) is 58.9 Å². The molecule has 2 heterocycles. The summed E-state index contributed by atoms with van der Waals surface area (Å²) in [7, 11) is 3.14. The summed E-state index contributed by atoms with van der Waals surface area (Å²) >= 11 is 0. The van der Waals surface area contributed by atoms with E-state index in [1.165, 1.54) is 0 Å². The molecule has 1 aliphatic carbocycles. The highest BCUT2D eigenvalue weighted by molar-refractivity contribution is 6.09. The third-order valence-electron chi connectivity index (χ3n) is 6.36. The van der Waals surface area contributed by atoms with Gasteiger partial charge in [0, 0.05) is 40.2 Å². The standard InChI is InChI=1S/C27H31N3O4/c1-15-9-7-12-21(28-15)30-26(32)22-16(2)29-18-13-27(3,4)14-19(31)24(18)23(22)17-10-8-11-20(33-5)25(17)34-6/h7-12,23,29H,13-14H2,1-6H3,(H,28,30,32). The number of allylic oxidation sites excluding steroid dienone is 3. The van der Waals surface area contributed by atoms with Crippen molar-refractivity contribution in [3.63, 3.8) is 0 Å². The number of dihydropyridines is 1. The summed E-state index contributed by atoms with van der Waals surface area (Å²) in [6.45, 7) is 7.91. The van der Waals surface area contributed by atoms with Gasteiger partial charge in [-0.1, -0.05) is 32.0 Å². The van der Waals surface area contributed by atoms with Crippen LogP contribution in [0.4, 0.5) is 5.82 Å². The number of carbonyl (C=O) groups excluding carboxylic acids is 2. The first-order valence-corrected chi connectivity index (χ1v) is 11.3. The maximum Gasteiger partial charge on any atom is 0.255 e. The molecule has 0 fully saturated rings. The molecule has 7 heteroatoms. The predicted molar refractivity (Wildman–Crippen MR) is 131 cm³/mol. The molecule has 0 radical (unpaired) electrons. The van der Waals surface area contributed by atoms with E-state index in [0.29, 0.717) is 52.6 Å². The Morgan fingerprint density at radius 3 is 2.50 bits per heavy atom. The van der Waals surface area contributed by atoms with Gasteiger partial charge in [-0.05, 0) is 43.9 Å². The van der Waals surface area contributed by atoms with Gasteiger partial charge in [0.2, 0.25) is 0 Å². The summed E-state index contributed by atoms with van der Waals surface area (Å²) in [5.74, 6) is 0.615. The molecule has 0 bridgehead atoms. The Labute approximate surface area is 200 Å². The van der Waals surface area contributed by atoms with Crippen molar-refractivity contribution in [3.8, 4) is 11.5 Å². The van der Waals surface area contributed by atoms with Crippen LogP contribution in [0.25, 0.3) is 0 Å². The summed E-state index contributed by atoms with van der Waals surface area (Å²) in [6, 6.07) is 11.0. The molecule has 1 aromatic carbocycles. The number of aryl methyl sites for hydroxylation is 1. The van der Waals surface area contributed by atoms with Crippen LogP contribution in [-0.2, 0) is 9.59 Å². The second-order valence-electron chi connectivity index (χ2n) is 9.63. The van der Waals surface area contributed by atoms with Crippen molar-refractivity contribution >= 4 is 17.5 Å². The summed E-state index contributed by atoms with van der Waals surface area (Å²) in [4.78, 5) is 31.6. The number of benzene rings is 1. The lowest BCUT2D eigenvalue weighted by Gasteiger charge is -2.40. The summed E-state index contributed by atoms with van der Waals surface area (Å²) < 4.78 is 11.3. The highest BCUT2D eigenvalue weighted by Crippen LogP contribution is 2.50. The van der Waals surface area contributed by atoms with Crippen molar-refractivity contribution in [3.05, 3.63) is 70.2 Å². The van der Waals surface area contributed by atoms with E-state index < -0.39 is 5.92 Å². The zero-order chi connectivity index (χ0) is 24.6. The maximum atomic E-state index is 13.7. The van der Waals surface area contributed by atoms with Crippen molar-refractivity contribution in [1.29, 1.82) is 0 Å². The van der Waals surface area contributed by atoms with Crippen LogP contribution in [-0.4, -0.2) is 30.9 Å². The smallest absolute Gasteiger partial charge is 0.255 e. The fourth-order valence-corrected chi connectivity index (χ4v) is 4.98. The number of Topliss-reactive ketones (excluding diaryl/α,β-unsaturated/α-hetero) is 1. The normalized spacial score (nSPS) is 19.4. The number of methoxy groups -OCH3 is 2. The Bertz CT molecular complexity index is 1230. The monoisotopic (exact) mass is 461 g/mol. The van der Waals surface area contributed by atoms with Gasteiger partial charge in [-0.3, -0.25) is 9.59 Å². The zero-order valence-electron chi connectivity index (χ0n) is 20.5. The molecule has 1 unspecified atom stereocenters. The second kappa shape index (κ2) is 8.97. The lowest BCUT2D eigenvalue weighted by molar-refractivity contribution is -0.118. The SMILES string of the molecule is COc1cccc(C2C(C(=O)Nc3cccc(C)n3)=C(C)NC3=C2C(=O)CC(C)(C)C3)c1OC. The molecule has 2 N–H and O–H groups in total. The first-order valence-electron chi connectivity index (χ1n) is 11.3. The minimum atomic E-state index is -0.602. The molecular formula is C27H31N3O4. The molecular weight excluding hydrogens is 430 g/mol. The average molecular weight is 462 g/mol. The molecule has 4 rings (SSSR count). The summed E-state index contributed by atoms with van der Waals surface area (Å²) in [5, 5.41) is 6.30. The van der Waals surface area contributed by atoms with Gasteiger partial charge < -0.3 is 20.1 Å². The van der Waals surface area contributed by atoms with Crippen molar-refractivity contribution in [2.45, 2.75) is 46.5 Å². The quantitative estimate of drug-likeness (QED) is 0.674. The van der Waals surface area contributed by atoms with E-state index in [0.717, 1.165) is 11.4 Å². The Kier molecular flexibility index (Phi) is 6.21. The number of hydrogen-bond acceptors (Lipinski definition) is 6. The van der Waals surface area contributed by atoms with Crippen molar-refractivity contribution < 1.29 is 19.1 Å². The Balaban J connectivity index is 1.89. The van der Waals surface area contributed by atoms with E-state index in [9.17, 15) is 9.59 Å². The Hall–Kier alpha value is -3.61. The second-order valence-corrected chi connectivity index (χ2v) is 9.63.